The number of rotatable bonds is 8. The van der Waals surface area contributed by atoms with E-state index in [-0.39, 0.29) is 12.0 Å². The minimum Gasteiger partial charge on any atom is -0.376 e. The van der Waals surface area contributed by atoms with Gasteiger partial charge in [-0.15, -0.1) is 0 Å². The molecule has 2 rings (SSSR count). The maximum atomic E-state index is 11.8. The smallest absolute Gasteiger partial charge is 0.240 e. The molecule has 2 aliphatic rings. The second-order valence-electron chi connectivity index (χ2n) is 5.64. The highest BCUT2D eigenvalue weighted by atomic mass is 16.5. The third-order valence-electron chi connectivity index (χ3n) is 4.11. The summed E-state index contributed by atoms with van der Waals surface area (Å²) in [6.07, 6.45) is 5.68. The van der Waals surface area contributed by atoms with E-state index < -0.39 is 5.54 Å². The number of primary amides is 1. The third kappa shape index (κ3) is 3.68. The van der Waals surface area contributed by atoms with Crippen LogP contribution in [0, 0.1) is 5.92 Å². The first-order valence-electron chi connectivity index (χ1n) is 7.43. The van der Waals surface area contributed by atoms with Gasteiger partial charge in [-0.25, -0.2) is 0 Å². The molecule has 3 N–H and O–H groups in total. The summed E-state index contributed by atoms with van der Waals surface area (Å²) < 4.78 is 11.4. The molecule has 5 nitrogen and oxygen atoms in total. The number of ether oxygens (including phenoxy) is 2. The van der Waals surface area contributed by atoms with Crippen LogP contribution in [0.3, 0.4) is 0 Å². The molecule has 1 heterocycles. The summed E-state index contributed by atoms with van der Waals surface area (Å²) in [5.74, 6) is 0.0404. The van der Waals surface area contributed by atoms with E-state index in [0.717, 1.165) is 38.8 Å². The molecule has 0 radical (unpaired) electrons. The van der Waals surface area contributed by atoms with E-state index in [1.165, 1.54) is 6.42 Å². The van der Waals surface area contributed by atoms with Crippen LogP contribution in [0.1, 0.15) is 39.0 Å². The minimum absolute atomic E-state index is 0.181. The van der Waals surface area contributed by atoms with Gasteiger partial charge in [0.2, 0.25) is 5.91 Å². The summed E-state index contributed by atoms with van der Waals surface area (Å²) in [4.78, 5) is 11.8. The van der Waals surface area contributed by atoms with Gasteiger partial charge in [0.05, 0.1) is 19.3 Å². The standard InChI is InChI=1S/C14H26N2O3/c1-2-16-14(13(15)17,11-6-7-11)10-18-9-12-5-3-4-8-19-12/h11-12,16H,2-10H2,1H3,(H2,15,17). The van der Waals surface area contributed by atoms with E-state index in [0.29, 0.717) is 19.1 Å². The normalized spacial score (nSPS) is 26.9. The summed E-state index contributed by atoms with van der Waals surface area (Å²) in [5, 5.41) is 3.25. The van der Waals surface area contributed by atoms with Crippen molar-refractivity contribution in [3.8, 4) is 0 Å². The Hall–Kier alpha value is -0.650. The monoisotopic (exact) mass is 270 g/mol. The maximum absolute atomic E-state index is 11.8. The molecular weight excluding hydrogens is 244 g/mol. The number of nitrogens with one attached hydrogen (secondary N) is 1. The van der Waals surface area contributed by atoms with Gasteiger partial charge >= 0.3 is 0 Å². The van der Waals surface area contributed by atoms with E-state index in [2.05, 4.69) is 5.32 Å². The SMILES string of the molecule is CCNC(COCC1CCCCO1)(C(N)=O)C1CC1. The Kier molecular flexibility index (Phi) is 5.19. The number of hydrogen-bond donors (Lipinski definition) is 2. The van der Waals surface area contributed by atoms with Crippen molar-refractivity contribution in [3.63, 3.8) is 0 Å². The zero-order valence-electron chi connectivity index (χ0n) is 11.8. The predicted octanol–water partition coefficient (Wildman–Crippen LogP) is 0.816. The molecule has 0 aromatic heterocycles. The van der Waals surface area contributed by atoms with Gasteiger partial charge in [-0.2, -0.15) is 0 Å². The molecule has 0 aromatic rings. The van der Waals surface area contributed by atoms with Crippen molar-refractivity contribution in [1.82, 2.24) is 5.32 Å². The molecule has 1 aliphatic heterocycles. The van der Waals surface area contributed by atoms with Crippen LogP contribution in [0.25, 0.3) is 0 Å². The highest BCUT2D eigenvalue weighted by Gasteiger charge is 2.49. The molecule has 5 heteroatoms. The van der Waals surface area contributed by atoms with Crippen molar-refractivity contribution in [1.29, 1.82) is 0 Å². The summed E-state index contributed by atoms with van der Waals surface area (Å²) >= 11 is 0. The number of carbonyl (C=O) groups is 1. The van der Waals surface area contributed by atoms with Crippen molar-refractivity contribution >= 4 is 5.91 Å². The minimum atomic E-state index is -0.677. The number of carbonyl (C=O) groups excluding carboxylic acids is 1. The van der Waals surface area contributed by atoms with Gasteiger partial charge in [-0.3, -0.25) is 4.79 Å². The van der Waals surface area contributed by atoms with E-state index in [4.69, 9.17) is 15.2 Å². The van der Waals surface area contributed by atoms with Gasteiger partial charge in [-0.1, -0.05) is 6.92 Å². The van der Waals surface area contributed by atoms with Gasteiger partial charge in [-0.05, 0) is 44.6 Å². The fourth-order valence-electron chi connectivity index (χ4n) is 2.85. The fourth-order valence-corrected chi connectivity index (χ4v) is 2.85. The molecule has 2 fully saturated rings. The second-order valence-corrected chi connectivity index (χ2v) is 5.64. The number of likely N-dealkylation sites (N-methyl/N-ethyl adjacent to an activating group) is 1. The van der Waals surface area contributed by atoms with Gasteiger partial charge in [0.25, 0.3) is 0 Å². The first-order valence-corrected chi connectivity index (χ1v) is 7.43. The Balaban J connectivity index is 1.83. The molecule has 0 spiro atoms. The van der Waals surface area contributed by atoms with Gasteiger partial charge in [0.1, 0.15) is 5.54 Å². The van der Waals surface area contributed by atoms with Crippen LogP contribution in [0.4, 0.5) is 0 Å². The molecule has 0 bridgehead atoms. The molecule has 0 aromatic carbocycles. The average molecular weight is 270 g/mol. The van der Waals surface area contributed by atoms with Crippen LogP contribution in [-0.2, 0) is 14.3 Å². The van der Waals surface area contributed by atoms with Crippen LogP contribution < -0.4 is 11.1 Å². The molecule has 1 saturated heterocycles. The molecule has 2 atom stereocenters. The van der Waals surface area contributed by atoms with E-state index in [1.54, 1.807) is 0 Å². The Morgan fingerprint density at radius 2 is 2.21 bits per heavy atom. The van der Waals surface area contributed by atoms with Crippen molar-refractivity contribution in [3.05, 3.63) is 0 Å². The van der Waals surface area contributed by atoms with Gasteiger partial charge in [0, 0.05) is 6.61 Å². The first-order chi connectivity index (χ1) is 9.19. The van der Waals surface area contributed by atoms with Crippen molar-refractivity contribution in [2.75, 3.05) is 26.4 Å². The summed E-state index contributed by atoms with van der Waals surface area (Å²) in [7, 11) is 0. The Bertz CT molecular complexity index is 301. The van der Waals surface area contributed by atoms with Crippen LogP contribution in [-0.4, -0.2) is 43.9 Å². The van der Waals surface area contributed by atoms with Crippen LogP contribution in [0.2, 0.25) is 0 Å². The Morgan fingerprint density at radius 3 is 2.74 bits per heavy atom. The van der Waals surface area contributed by atoms with E-state index in [1.807, 2.05) is 6.92 Å². The zero-order valence-corrected chi connectivity index (χ0v) is 11.8. The van der Waals surface area contributed by atoms with E-state index in [9.17, 15) is 4.79 Å². The third-order valence-corrected chi connectivity index (χ3v) is 4.11. The summed E-state index contributed by atoms with van der Waals surface area (Å²) in [6.45, 7) is 4.46. The number of amides is 1. The lowest BCUT2D eigenvalue weighted by Gasteiger charge is -2.32. The molecule has 19 heavy (non-hydrogen) atoms. The lowest BCUT2D eigenvalue weighted by Crippen LogP contribution is -2.60. The molecule has 110 valence electrons. The fraction of sp³-hybridized carbons (Fsp3) is 0.929. The lowest BCUT2D eigenvalue weighted by atomic mass is 9.93. The Morgan fingerprint density at radius 1 is 1.42 bits per heavy atom. The summed E-state index contributed by atoms with van der Waals surface area (Å²) in [6, 6.07) is 0. The molecule has 1 saturated carbocycles. The predicted molar refractivity (Wildman–Crippen MR) is 72.7 cm³/mol. The highest BCUT2D eigenvalue weighted by molar-refractivity contribution is 5.85. The Labute approximate surface area is 115 Å². The maximum Gasteiger partial charge on any atom is 0.240 e. The highest BCUT2D eigenvalue weighted by Crippen LogP contribution is 2.40. The van der Waals surface area contributed by atoms with Gasteiger partial charge < -0.3 is 20.5 Å². The number of nitrogens with two attached hydrogens (primary N) is 1. The first kappa shape index (κ1) is 14.8. The van der Waals surface area contributed by atoms with Crippen LogP contribution in [0.5, 0.6) is 0 Å². The van der Waals surface area contributed by atoms with Crippen LogP contribution >= 0.6 is 0 Å². The number of hydrogen-bond acceptors (Lipinski definition) is 4. The average Bonchev–Trinajstić information content (AvgIpc) is 3.23. The molecular formula is C14H26N2O3. The molecule has 2 unspecified atom stereocenters. The zero-order chi connectivity index (χ0) is 13.7. The molecule has 1 amide bonds. The quantitative estimate of drug-likeness (QED) is 0.685. The van der Waals surface area contributed by atoms with Crippen molar-refractivity contribution in [2.24, 2.45) is 11.7 Å². The lowest BCUT2D eigenvalue weighted by molar-refractivity contribution is -0.130. The second kappa shape index (κ2) is 6.68. The molecule has 1 aliphatic carbocycles. The largest absolute Gasteiger partial charge is 0.376 e. The van der Waals surface area contributed by atoms with Crippen LogP contribution in [0.15, 0.2) is 0 Å². The van der Waals surface area contributed by atoms with Gasteiger partial charge in [0.15, 0.2) is 0 Å². The topological polar surface area (TPSA) is 73.6 Å². The van der Waals surface area contributed by atoms with Crippen molar-refractivity contribution < 1.29 is 14.3 Å². The van der Waals surface area contributed by atoms with E-state index >= 15 is 0 Å². The van der Waals surface area contributed by atoms with Crippen molar-refractivity contribution in [2.45, 2.75) is 50.7 Å². The summed E-state index contributed by atoms with van der Waals surface area (Å²) in [5.41, 5.74) is 4.93.